The molecule has 0 spiro atoms. The SMILES string of the molecule is CN(C)CCNC(=O)NC1CCCCCC1C(=O)O. The molecule has 110 valence electrons. The summed E-state index contributed by atoms with van der Waals surface area (Å²) in [7, 11) is 3.87. The fourth-order valence-electron chi connectivity index (χ4n) is 2.39. The third-order valence-electron chi connectivity index (χ3n) is 3.49. The number of likely N-dealkylation sites (N-methyl/N-ethyl adjacent to an activating group) is 1. The zero-order valence-corrected chi connectivity index (χ0v) is 11.8. The van der Waals surface area contributed by atoms with E-state index >= 15 is 0 Å². The number of carboxylic acid groups (broad SMARTS) is 1. The number of nitrogens with one attached hydrogen (secondary N) is 2. The van der Waals surface area contributed by atoms with Crippen molar-refractivity contribution in [2.75, 3.05) is 27.2 Å². The first-order valence-electron chi connectivity index (χ1n) is 6.92. The molecule has 19 heavy (non-hydrogen) atoms. The van der Waals surface area contributed by atoms with Crippen LogP contribution >= 0.6 is 0 Å². The maximum Gasteiger partial charge on any atom is 0.315 e. The van der Waals surface area contributed by atoms with E-state index in [-0.39, 0.29) is 12.1 Å². The first kappa shape index (κ1) is 15.8. The molecule has 0 radical (unpaired) electrons. The van der Waals surface area contributed by atoms with Gasteiger partial charge in [0.2, 0.25) is 0 Å². The molecule has 2 atom stereocenters. The zero-order valence-electron chi connectivity index (χ0n) is 11.8. The second-order valence-corrected chi connectivity index (χ2v) is 5.39. The predicted molar refractivity (Wildman–Crippen MR) is 73.1 cm³/mol. The number of urea groups is 1. The number of rotatable bonds is 5. The Labute approximate surface area is 114 Å². The van der Waals surface area contributed by atoms with E-state index in [1.165, 1.54) is 0 Å². The fourth-order valence-corrected chi connectivity index (χ4v) is 2.39. The van der Waals surface area contributed by atoms with Crippen LogP contribution in [0.5, 0.6) is 0 Å². The Morgan fingerprint density at radius 3 is 2.53 bits per heavy atom. The highest BCUT2D eigenvalue weighted by Crippen LogP contribution is 2.23. The van der Waals surface area contributed by atoms with Gasteiger partial charge < -0.3 is 20.6 Å². The maximum absolute atomic E-state index is 11.7. The van der Waals surface area contributed by atoms with Crippen molar-refractivity contribution >= 4 is 12.0 Å². The molecular weight excluding hydrogens is 246 g/mol. The molecule has 0 bridgehead atoms. The van der Waals surface area contributed by atoms with E-state index in [0.29, 0.717) is 13.0 Å². The summed E-state index contributed by atoms with van der Waals surface area (Å²) in [5.74, 6) is -1.26. The lowest BCUT2D eigenvalue weighted by molar-refractivity contribution is -0.142. The number of hydrogen-bond donors (Lipinski definition) is 3. The van der Waals surface area contributed by atoms with E-state index in [1.54, 1.807) is 0 Å². The molecule has 0 aromatic rings. The van der Waals surface area contributed by atoms with Crippen molar-refractivity contribution in [1.29, 1.82) is 0 Å². The van der Waals surface area contributed by atoms with E-state index in [2.05, 4.69) is 10.6 Å². The van der Waals surface area contributed by atoms with Crippen LogP contribution in [0.1, 0.15) is 32.1 Å². The highest BCUT2D eigenvalue weighted by atomic mass is 16.4. The molecule has 0 saturated heterocycles. The Bertz CT molecular complexity index is 308. The largest absolute Gasteiger partial charge is 0.481 e. The summed E-state index contributed by atoms with van der Waals surface area (Å²) in [5.41, 5.74) is 0. The van der Waals surface area contributed by atoms with Gasteiger partial charge in [-0.25, -0.2) is 4.79 Å². The van der Waals surface area contributed by atoms with Gasteiger partial charge in [0.1, 0.15) is 0 Å². The van der Waals surface area contributed by atoms with Crippen LogP contribution in [0.15, 0.2) is 0 Å². The van der Waals surface area contributed by atoms with Crippen LogP contribution in [0, 0.1) is 5.92 Å². The molecule has 0 aromatic heterocycles. The van der Waals surface area contributed by atoms with Crippen LogP contribution < -0.4 is 10.6 Å². The van der Waals surface area contributed by atoms with Crippen LogP contribution in [-0.4, -0.2) is 55.2 Å². The van der Waals surface area contributed by atoms with Crippen molar-refractivity contribution < 1.29 is 14.7 Å². The molecule has 3 N–H and O–H groups in total. The zero-order chi connectivity index (χ0) is 14.3. The van der Waals surface area contributed by atoms with Gasteiger partial charge >= 0.3 is 12.0 Å². The summed E-state index contributed by atoms with van der Waals surface area (Å²) in [6.45, 7) is 1.32. The molecule has 0 aromatic carbocycles. The number of carboxylic acids is 1. The molecule has 2 amide bonds. The van der Waals surface area contributed by atoms with Gasteiger partial charge in [0.15, 0.2) is 0 Å². The highest BCUT2D eigenvalue weighted by molar-refractivity contribution is 5.76. The Hall–Kier alpha value is -1.30. The average molecular weight is 271 g/mol. The summed E-state index contributed by atoms with van der Waals surface area (Å²) in [5, 5.41) is 14.8. The summed E-state index contributed by atoms with van der Waals surface area (Å²) in [4.78, 5) is 24.9. The van der Waals surface area contributed by atoms with E-state index in [4.69, 9.17) is 0 Å². The normalized spacial score (nSPS) is 23.7. The Balaban J connectivity index is 2.42. The second kappa shape index (κ2) is 7.99. The van der Waals surface area contributed by atoms with Gasteiger partial charge in [0, 0.05) is 19.1 Å². The molecule has 1 saturated carbocycles. The van der Waals surface area contributed by atoms with Crippen molar-refractivity contribution in [3.05, 3.63) is 0 Å². The van der Waals surface area contributed by atoms with Gasteiger partial charge in [-0.15, -0.1) is 0 Å². The molecule has 6 nitrogen and oxygen atoms in total. The predicted octanol–water partition coefficient (Wildman–Crippen LogP) is 0.881. The van der Waals surface area contributed by atoms with E-state index in [9.17, 15) is 14.7 Å². The lowest BCUT2D eigenvalue weighted by atomic mass is 9.95. The standard InChI is InChI=1S/C13H25N3O3/c1-16(2)9-8-14-13(19)15-11-7-5-3-4-6-10(11)12(17)18/h10-11H,3-9H2,1-2H3,(H,17,18)(H2,14,15,19). The van der Waals surface area contributed by atoms with Gasteiger partial charge in [-0.2, -0.15) is 0 Å². The molecule has 1 aliphatic rings. The summed E-state index contributed by atoms with van der Waals surface area (Å²) in [6.07, 6.45) is 4.35. The van der Waals surface area contributed by atoms with Gasteiger partial charge in [0.05, 0.1) is 5.92 Å². The molecule has 0 heterocycles. The van der Waals surface area contributed by atoms with Crippen LogP contribution in [-0.2, 0) is 4.79 Å². The molecular formula is C13H25N3O3. The minimum atomic E-state index is -0.805. The first-order chi connectivity index (χ1) is 9.00. The van der Waals surface area contributed by atoms with Crippen molar-refractivity contribution in [3.63, 3.8) is 0 Å². The summed E-state index contributed by atoms with van der Waals surface area (Å²) >= 11 is 0. The van der Waals surface area contributed by atoms with Crippen LogP contribution in [0.2, 0.25) is 0 Å². The minimum Gasteiger partial charge on any atom is -0.481 e. The summed E-state index contributed by atoms with van der Waals surface area (Å²) < 4.78 is 0. The lowest BCUT2D eigenvalue weighted by Crippen LogP contribution is -2.48. The van der Waals surface area contributed by atoms with Gasteiger partial charge in [-0.1, -0.05) is 19.3 Å². The van der Waals surface area contributed by atoms with E-state index < -0.39 is 11.9 Å². The quantitative estimate of drug-likeness (QED) is 0.648. The van der Waals surface area contributed by atoms with Crippen LogP contribution in [0.3, 0.4) is 0 Å². The third kappa shape index (κ3) is 5.92. The van der Waals surface area contributed by atoms with E-state index in [1.807, 2.05) is 19.0 Å². The summed E-state index contributed by atoms with van der Waals surface area (Å²) in [6, 6.07) is -0.514. The second-order valence-electron chi connectivity index (χ2n) is 5.39. The number of carbonyl (C=O) groups excluding carboxylic acids is 1. The fraction of sp³-hybridized carbons (Fsp3) is 0.846. The Morgan fingerprint density at radius 2 is 1.89 bits per heavy atom. The maximum atomic E-state index is 11.7. The highest BCUT2D eigenvalue weighted by Gasteiger charge is 2.30. The lowest BCUT2D eigenvalue weighted by Gasteiger charge is -2.23. The first-order valence-corrected chi connectivity index (χ1v) is 6.92. The monoisotopic (exact) mass is 271 g/mol. The topological polar surface area (TPSA) is 81.7 Å². The minimum absolute atomic E-state index is 0.251. The molecule has 1 rings (SSSR count). The van der Waals surface area contributed by atoms with E-state index in [0.717, 1.165) is 32.2 Å². The van der Waals surface area contributed by atoms with Crippen molar-refractivity contribution in [3.8, 4) is 0 Å². The molecule has 1 fully saturated rings. The van der Waals surface area contributed by atoms with Gasteiger partial charge in [0.25, 0.3) is 0 Å². The average Bonchev–Trinajstić information content (AvgIpc) is 2.53. The Kier molecular flexibility index (Phi) is 6.62. The Morgan fingerprint density at radius 1 is 1.21 bits per heavy atom. The van der Waals surface area contributed by atoms with Crippen LogP contribution in [0.4, 0.5) is 4.79 Å². The van der Waals surface area contributed by atoms with Gasteiger partial charge in [-0.05, 0) is 26.9 Å². The third-order valence-corrected chi connectivity index (χ3v) is 3.49. The number of nitrogens with zero attached hydrogens (tertiary/aromatic N) is 1. The smallest absolute Gasteiger partial charge is 0.315 e. The molecule has 2 unspecified atom stereocenters. The molecule has 0 aliphatic heterocycles. The van der Waals surface area contributed by atoms with Gasteiger partial charge in [-0.3, -0.25) is 4.79 Å². The number of hydrogen-bond acceptors (Lipinski definition) is 3. The molecule has 1 aliphatic carbocycles. The number of amides is 2. The van der Waals surface area contributed by atoms with Crippen molar-refractivity contribution in [2.45, 2.75) is 38.1 Å². The number of carbonyl (C=O) groups is 2. The number of aliphatic carboxylic acids is 1. The van der Waals surface area contributed by atoms with Crippen molar-refractivity contribution in [1.82, 2.24) is 15.5 Å². The molecule has 6 heteroatoms. The van der Waals surface area contributed by atoms with Crippen LogP contribution in [0.25, 0.3) is 0 Å². The van der Waals surface area contributed by atoms with Crippen molar-refractivity contribution in [2.24, 2.45) is 5.92 Å².